The van der Waals surface area contributed by atoms with E-state index < -0.39 is 15.1 Å². The van der Waals surface area contributed by atoms with Gasteiger partial charge in [0.1, 0.15) is 5.52 Å². The van der Waals surface area contributed by atoms with E-state index >= 15 is 0 Å². The van der Waals surface area contributed by atoms with Crippen molar-refractivity contribution in [1.29, 1.82) is 0 Å². The Bertz CT molecular complexity index is 1200. The van der Waals surface area contributed by atoms with Gasteiger partial charge in [-0.1, -0.05) is 42.5 Å². The lowest BCUT2D eigenvalue weighted by atomic mass is 10.1. The second-order valence-corrected chi connectivity index (χ2v) is 9.14. The Morgan fingerprint density at radius 1 is 0.963 bits per heavy atom. The number of aromatic nitrogens is 3. The summed E-state index contributed by atoms with van der Waals surface area (Å²) < 4.78 is 24.6. The molecule has 5 nitrogen and oxygen atoms in total. The highest BCUT2D eigenvalue weighted by atomic mass is 32.2. The summed E-state index contributed by atoms with van der Waals surface area (Å²) in [5.74, 6) is 0. The van der Waals surface area contributed by atoms with E-state index in [0.29, 0.717) is 10.6 Å². The first kappa shape index (κ1) is 17.4. The Morgan fingerprint density at radius 3 is 2.33 bits per heavy atom. The summed E-state index contributed by atoms with van der Waals surface area (Å²) in [4.78, 5) is 12.7. The monoisotopic (exact) mass is 379 g/mol. The van der Waals surface area contributed by atoms with Crippen LogP contribution < -0.4 is 0 Å². The van der Waals surface area contributed by atoms with Crippen molar-refractivity contribution in [2.24, 2.45) is 0 Å². The molecule has 2 heterocycles. The number of fused-ring (bicyclic) bond motifs is 1. The average Bonchev–Trinajstić information content (AvgIpc) is 3.12. The highest BCUT2D eigenvalue weighted by Crippen LogP contribution is 2.28. The molecule has 0 spiro atoms. The summed E-state index contributed by atoms with van der Waals surface area (Å²) in [6.07, 6.45) is 3.60. The van der Waals surface area contributed by atoms with Gasteiger partial charge >= 0.3 is 0 Å². The lowest BCUT2D eigenvalue weighted by molar-refractivity contribution is 0.587. The number of aromatic amines is 1. The third-order valence-electron chi connectivity index (χ3n) is 4.56. The molecule has 0 aliphatic heterocycles. The number of H-pyrrole nitrogens is 1. The summed E-state index contributed by atoms with van der Waals surface area (Å²) in [6, 6.07) is 16.8. The molecule has 0 fully saturated rings. The van der Waals surface area contributed by atoms with E-state index in [4.69, 9.17) is 4.98 Å². The standard InChI is InChI=1S/C21H19N3O2S.H2/c1-14(2)27(25,26)17-10-8-16(9-11-17)19-13-23-21-20(24-19)18(12-22-21)15-6-4-3-5-7-15;/h3-14H,1-2H3,(H,22,23);1H. The molecular formula is C21H21N3O2S. The van der Waals surface area contributed by atoms with Crippen LogP contribution in [0.5, 0.6) is 0 Å². The minimum Gasteiger partial charge on any atom is -0.344 e. The van der Waals surface area contributed by atoms with Gasteiger partial charge < -0.3 is 4.98 Å². The van der Waals surface area contributed by atoms with Gasteiger partial charge in [-0.25, -0.2) is 18.4 Å². The average molecular weight is 379 g/mol. The molecule has 2 aromatic heterocycles. The first-order chi connectivity index (χ1) is 13.0. The largest absolute Gasteiger partial charge is 0.344 e. The van der Waals surface area contributed by atoms with Gasteiger partial charge in [-0.3, -0.25) is 0 Å². The normalized spacial score (nSPS) is 12.0. The number of hydrogen-bond donors (Lipinski definition) is 1. The van der Waals surface area contributed by atoms with Crippen LogP contribution in [0.2, 0.25) is 0 Å². The zero-order valence-electron chi connectivity index (χ0n) is 15.0. The molecule has 0 amide bonds. The van der Waals surface area contributed by atoms with Gasteiger partial charge in [-0.15, -0.1) is 0 Å². The van der Waals surface area contributed by atoms with E-state index in [0.717, 1.165) is 27.9 Å². The second-order valence-electron chi connectivity index (χ2n) is 6.64. The molecule has 0 aliphatic rings. The summed E-state index contributed by atoms with van der Waals surface area (Å²) >= 11 is 0. The molecule has 138 valence electrons. The molecule has 0 unspecified atom stereocenters. The van der Waals surface area contributed by atoms with Crippen molar-refractivity contribution in [1.82, 2.24) is 15.0 Å². The molecule has 2 aromatic carbocycles. The Morgan fingerprint density at radius 2 is 1.67 bits per heavy atom. The van der Waals surface area contributed by atoms with Crippen LogP contribution in [0.1, 0.15) is 15.3 Å². The van der Waals surface area contributed by atoms with E-state index in [1.807, 2.05) is 36.5 Å². The van der Waals surface area contributed by atoms with Crippen LogP contribution in [0.15, 0.2) is 71.9 Å². The summed E-state index contributed by atoms with van der Waals surface area (Å²) in [5, 5.41) is -0.451. The van der Waals surface area contributed by atoms with Crippen LogP contribution in [0.25, 0.3) is 33.5 Å². The smallest absolute Gasteiger partial charge is 0.180 e. The third-order valence-corrected chi connectivity index (χ3v) is 6.74. The molecule has 4 rings (SSSR count). The van der Waals surface area contributed by atoms with Gasteiger partial charge in [0, 0.05) is 18.8 Å². The molecule has 27 heavy (non-hydrogen) atoms. The maximum Gasteiger partial charge on any atom is 0.180 e. The molecule has 0 aliphatic carbocycles. The van der Waals surface area contributed by atoms with Gasteiger partial charge in [0.2, 0.25) is 0 Å². The van der Waals surface area contributed by atoms with Gasteiger partial charge in [0.05, 0.1) is 22.0 Å². The van der Waals surface area contributed by atoms with Crippen molar-refractivity contribution < 1.29 is 9.84 Å². The second kappa shape index (κ2) is 6.63. The SMILES string of the molecule is CC(C)S(=O)(=O)c1ccc(-c2cnc3[nH]cc(-c4ccccc4)c3n2)cc1.[HH]. The number of hydrogen-bond acceptors (Lipinski definition) is 4. The van der Waals surface area contributed by atoms with Gasteiger partial charge in [0.15, 0.2) is 15.5 Å². The number of benzene rings is 2. The Hall–Kier alpha value is -2.99. The van der Waals surface area contributed by atoms with Crippen LogP contribution >= 0.6 is 0 Å². The molecular weight excluding hydrogens is 358 g/mol. The van der Waals surface area contributed by atoms with E-state index in [2.05, 4.69) is 9.97 Å². The molecule has 1 N–H and O–H groups in total. The van der Waals surface area contributed by atoms with E-state index in [1.54, 1.807) is 44.3 Å². The first-order valence-electron chi connectivity index (χ1n) is 8.70. The minimum absolute atomic E-state index is 0. The number of sulfone groups is 1. The van der Waals surface area contributed by atoms with Crippen LogP contribution in [-0.2, 0) is 9.84 Å². The lowest BCUT2D eigenvalue weighted by Crippen LogP contribution is -2.13. The maximum atomic E-state index is 12.3. The van der Waals surface area contributed by atoms with Crippen LogP contribution in [0.3, 0.4) is 0 Å². The summed E-state index contributed by atoms with van der Waals surface area (Å²) in [6.45, 7) is 3.36. The molecule has 0 saturated carbocycles. The molecule has 0 atom stereocenters. The van der Waals surface area contributed by atoms with Crippen molar-refractivity contribution in [3.05, 3.63) is 67.0 Å². The number of nitrogens with one attached hydrogen (secondary N) is 1. The molecule has 6 heteroatoms. The van der Waals surface area contributed by atoms with Crippen molar-refractivity contribution in [3.8, 4) is 22.4 Å². The van der Waals surface area contributed by atoms with Crippen molar-refractivity contribution in [2.75, 3.05) is 0 Å². The molecule has 0 saturated heterocycles. The summed E-state index contributed by atoms with van der Waals surface area (Å²) in [5.41, 5.74) is 5.09. The lowest BCUT2D eigenvalue weighted by Gasteiger charge is -2.08. The number of nitrogens with zero attached hydrogens (tertiary/aromatic N) is 2. The fraction of sp³-hybridized carbons (Fsp3) is 0.143. The van der Waals surface area contributed by atoms with Crippen molar-refractivity contribution in [2.45, 2.75) is 24.0 Å². The minimum atomic E-state index is -3.29. The maximum absolute atomic E-state index is 12.3. The molecule has 0 radical (unpaired) electrons. The van der Waals surface area contributed by atoms with Gasteiger partial charge in [-0.2, -0.15) is 0 Å². The fourth-order valence-electron chi connectivity index (χ4n) is 2.96. The zero-order chi connectivity index (χ0) is 19.0. The Balaban J connectivity index is 0.00000225. The van der Waals surface area contributed by atoms with Gasteiger partial charge in [0.25, 0.3) is 0 Å². The Labute approximate surface area is 159 Å². The number of rotatable bonds is 4. The van der Waals surface area contributed by atoms with E-state index in [9.17, 15) is 8.42 Å². The topological polar surface area (TPSA) is 75.7 Å². The zero-order valence-corrected chi connectivity index (χ0v) is 15.9. The van der Waals surface area contributed by atoms with Gasteiger partial charge in [-0.05, 0) is 31.5 Å². The highest BCUT2D eigenvalue weighted by molar-refractivity contribution is 7.92. The third kappa shape index (κ3) is 3.13. The Kier molecular flexibility index (Phi) is 4.28. The highest BCUT2D eigenvalue weighted by Gasteiger charge is 2.19. The van der Waals surface area contributed by atoms with Crippen LogP contribution in [0.4, 0.5) is 0 Å². The van der Waals surface area contributed by atoms with Crippen molar-refractivity contribution >= 4 is 21.0 Å². The van der Waals surface area contributed by atoms with Crippen LogP contribution in [-0.4, -0.2) is 28.6 Å². The first-order valence-corrected chi connectivity index (χ1v) is 10.3. The fourth-order valence-corrected chi connectivity index (χ4v) is 4.02. The van der Waals surface area contributed by atoms with Crippen LogP contribution in [0, 0.1) is 0 Å². The molecule has 0 bridgehead atoms. The molecule has 4 aromatic rings. The quantitative estimate of drug-likeness (QED) is 0.557. The van der Waals surface area contributed by atoms with Crippen molar-refractivity contribution in [3.63, 3.8) is 0 Å². The summed E-state index contributed by atoms with van der Waals surface area (Å²) in [7, 11) is -3.29. The van der Waals surface area contributed by atoms with E-state index in [1.165, 1.54) is 0 Å². The predicted octanol–water partition coefficient (Wildman–Crippen LogP) is 4.72. The predicted molar refractivity (Wildman–Crippen MR) is 109 cm³/mol. The van der Waals surface area contributed by atoms with E-state index in [-0.39, 0.29) is 1.43 Å².